The van der Waals surface area contributed by atoms with E-state index >= 15 is 0 Å². The zero-order valence-electron chi connectivity index (χ0n) is 12.9. The number of carbonyl (C=O) groups is 1. The number of ether oxygens (including phenoxy) is 1. The summed E-state index contributed by atoms with van der Waals surface area (Å²) in [6.45, 7) is 3.12. The van der Waals surface area contributed by atoms with Crippen molar-refractivity contribution >= 4 is 5.91 Å². The molecule has 22 heavy (non-hydrogen) atoms. The Hall–Kier alpha value is -2.15. The Bertz CT molecular complexity index is 648. The maximum atomic E-state index is 12.1. The first-order valence-electron chi connectivity index (χ1n) is 7.54. The number of aromatic nitrogens is 4. The van der Waals surface area contributed by atoms with Crippen molar-refractivity contribution in [2.45, 2.75) is 25.9 Å². The van der Waals surface area contributed by atoms with Crippen LogP contribution in [0, 0.1) is 12.8 Å². The van der Waals surface area contributed by atoms with Gasteiger partial charge in [-0.05, 0) is 19.8 Å². The average molecular weight is 303 g/mol. The van der Waals surface area contributed by atoms with Crippen LogP contribution in [0.5, 0.6) is 0 Å². The van der Waals surface area contributed by atoms with Crippen molar-refractivity contribution in [2.24, 2.45) is 13.0 Å². The second-order valence-electron chi connectivity index (χ2n) is 5.68. The summed E-state index contributed by atoms with van der Waals surface area (Å²) in [6, 6.07) is 0. The van der Waals surface area contributed by atoms with Crippen LogP contribution < -0.4 is 5.32 Å². The lowest BCUT2D eigenvalue weighted by atomic mass is 9.93. The third-order valence-corrected chi connectivity index (χ3v) is 4.03. The lowest BCUT2D eigenvalue weighted by molar-refractivity contribution is -0.0337. The van der Waals surface area contributed by atoms with Gasteiger partial charge in [-0.3, -0.25) is 4.79 Å². The maximum absolute atomic E-state index is 12.1. The van der Waals surface area contributed by atoms with Crippen LogP contribution >= 0.6 is 0 Å². The number of amides is 1. The summed E-state index contributed by atoms with van der Waals surface area (Å²) >= 11 is 0. The van der Waals surface area contributed by atoms with Gasteiger partial charge in [0.05, 0.1) is 6.20 Å². The summed E-state index contributed by atoms with van der Waals surface area (Å²) in [6.07, 6.45) is 7.19. The molecule has 1 aliphatic rings. The van der Waals surface area contributed by atoms with Crippen molar-refractivity contribution < 1.29 is 9.53 Å². The van der Waals surface area contributed by atoms with Crippen molar-refractivity contribution in [1.29, 1.82) is 0 Å². The van der Waals surface area contributed by atoms with Crippen molar-refractivity contribution in [2.75, 3.05) is 13.2 Å². The first kappa shape index (κ1) is 14.8. The first-order valence-corrected chi connectivity index (χ1v) is 7.54. The van der Waals surface area contributed by atoms with Gasteiger partial charge in [-0.25, -0.2) is 9.97 Å². The van der Waals surface area contributed by atoms with Crippen LogP contribution in [0.4, 0.5) is 0 Å². The molecule has 1 aliphatic heterocycles. The maximum Gasteiger partial charge on any atom is 0.269 e. The minimum Gasteiger partial charge on any atom is -0.370 e. The van der Waals surface area contributed by atoms with E-state index in [2.05, 4.69) is 20.3 Å². The molecule has 0 aliphatic carbocycles. The number of nitrogens with zero attached hydrogens (tertiary/aromatic N) is 3. The van der Waals surface area contributed by atoms with Crippen molar-refractivity contribution in [3.05, 3.63) is 35.9 Å². The fourth-order valence-corrected chi connectivity index (χ4v) is 2.84. The molecule has 118 valence electrons. The molecule has 3 heterocycles. The summed E-state index contributed by atoms with van der Waals surface area (Å²) in [7, 11) is 1.96. The van der Waals surface area contributed by atoms with Gasteiger partial charge >= 0.3 is 0 Å². The number of imidazole rings is 2. The number of nitrogens with one attached hydrogen (secondary N) is 2. The van der Waals surface area contributed by atoms with Crippen molar-refractivity contribution in [3.63, 3.8) is 0 Å². The molecule has 7 heteroatoms. The van der Waals surface area contributed by atoms with Gasteiger partial charge in [0.2, 0.25) is 0 Å². The molecular formula is C15H21N5O2. The van der Waals surface area contributed by atoms with E-state index in [1.165, 1.54) is 0 Å². The number of aryl methyl sites for hydroxylation is 2. The lowest BCUT2D eigenvalue weighted by Crippen LogP contribution is -2.36. The molecule has 1 amide bonds. The monoisotopic (exact) mass is 303 g/mol. The van der Waals surface area contributed by atoms with E-state index < -0.39 is 0 Å². The molecule has 0 saturated carbocycles. The summed E-state index contributed by atoms with van der Waals surface area (Å²) < 4.78 is 7.88. The zero-order chi connectivity index (χ0) is 15.5. The Balaban J connectivity index is 1.65. The smallest absolute Gasteiger partial charge is 0.269 e. The summed E-state index contributed by atoms with van der Waals surface area (Å²) in [5, 5.41) is 2.97. The fraction of sp³-hybridized carbons (Fsp3) is 0.533. The molecular weight excluding hydrogens is 282 g/mol. The minimum absolute atomic E-state index is 0.0717. The standard InChI is InChI=1S/C15H21N5O2/c1-10-17-9-12(19-10)15(21)18-8-11-4-3-7-22-13(11)14-16-5-6-20(14)2/h5-6,9,11,13H,3-4,7-8H2,1-2H3,(H,17,19)(H,18,21)/t11-,13+/m0/s1. The van der Waals surface area contributed by atoms with E-state index in [4.69, 9.17) is 4.74 Å². The van der Waals surface area contributed by atoms with Crippen molar-refractivity contribution in [3.8, 4) is 0 Å². The third-order valence-electron chi connectivity index (χ3n) is 4.03. The van der Waals surface area contributed by atoms with E-state index in [1.807, 2.05) is 24.7 Å². The number of carbonyl (C=O) groups excluding carboxylic acids is 1. The van der Waals surface area contributed by atoms with Gasteiger partial charge < -0.3 is 19.6 Å². The van der Waals surface area contributed by atoms with Crippen LogP contribution in [0.25, 0.3) is 0 Å². The molecule has 3 rings (SSSR count). The van der Waals surface area contributed by atoms with Crippen LogP contribution in [-0.4, -0.2) is 38.6 Å². The second-order valence-corrected chi connectivity index (χ2v) is 5.68. The van der Waals surface area contributed by atoms with Gasteiger partial charge in [0.25, 0.3) is 5.91 Å². The molecule has 0 aromatic carbocycles. The highest BCUT2D eigenvalue weighted by molar-refractivity contribution is 5.92. The lowest BCUT2D eigenvalue weighted by Gasteiger charge is -2.31. The predicted octanol–water partition coefficient (Wildman–Crippen LogP) is 1.35. The number of H-pyrrole nitrogens is 1. The Morgan fingerprint density at radius 1 is 1.55 bits per heavy atom. The predicted molar refractivity (Wildman–Crippen MR) is 80.3 cm³/mol. The van der Waals surface area contributed by atoms with Gasteiger partial charge in [0.1, 0.15) is 23.4 Å². The Labute approximate surface area is 129 Å². The highest BCUT2D eigenvalue weighted by atomic mass is 16.5. The summed E-state index contributed by atoms with van der Waals surface area (Å²) in [5.74, 6) is 1.74. The molecule has 0 radical (unpaired) electrons. The van der Waals surface area contributed by atoms with Crippen LogP contribution in [0.3, 0.4) is 0 Å². The fourth-order valence-electron chi connectivity index (χ4n) is 2.84. The molecule has 7 nitrogen and oxygen atoms in total. The molecule has 2 N–H and O–H groups in total. The molecule has 0 unspecified atom stereocenters. The van der Waals surface area contributed by atoms with E-state index in [-0.39, 0.29) is 17.9 Å². The van der Waals surface area contributed by atoms with Gasteiger partial charge in [-0.2, -0.15) is 0 Å². The highest BCUT2D eigenvalue weighted by Gasteiger charge is 2.30. The SMILES string of the molecule is Cc1ncc(C(=O)NC[C@@H]2CCCO[C@H]2c2nccn2C)[nH]1. The molecule has 0 bridgehead atoms. The van der Waals surface area contributed by atoms with Crippen LogP contribution in [0.2, 0.25) is 0 Å². The molecule has 2 aromatic rings. The number of hydrogen-bond donors (Lipinski definition) is 2. The minimum atomic E-state index is -0.134. The Kier molecular flexibility index (Phi) is 4.24. The quantitative estimate of drug-likeness (QED) is 0.893. The van der Waals surface area contributed by atoms with Gasteiger partial charge in [-0.1, -0.05) is 0 Å². The number of hydrogen-bond acceptors (Lipinski definition) is 4. The van der Waals surface area contributed by atoms with E-state index in [9.17, 15) is 4.79 Å². The third kappa shape index (κ3) is 3.04. The van der Waals surface area contributed by atoms with E-state index in [1.54, 1.807) is 12.4 Å². The van der Waals surface area contributed by atoms with Crippen LogP contribution in [-0.2, 0) is 11.8 Å². The number of aromatic amines is 1. The normalized spacial score (nSPS) is 21.7. The van der Waals surface area contributed by atoms with Gasteiger partial charge in [-0.15, -0.1) is 0 Å². The largest absolute Gasteiger partial charge is 0.370 e. The Morgan fingerprint density at radius 2 is 2.41 bits per heavy atom. The van der Waals surface area contributed by atoms with E-state index in [0.29, 0.717) is 12.2 Å². The van der Waals surface area contributed by atoms with E-state index in [0.717, 1.165) is 31.1 Å². The topological polar surface area (TPSA) is 84.8 Å². The van der Waals surface area contributed by atoms with Crippen LogP contribution in [0.15, 0.2) is 18.6 Å². The average Bonchev–Trinajstić information content (AvgIpc) is 3.14. The van der Waals surface area contributed by atoms with Crippen LogP contribution in [0.1, 0.15) is 41.1 Å². The van der Waals surface area contributed by atoms with Crippen molar-refractivity contribution in [1.82, 2.24) is 24.8 Å². The Morgan fingerprint density at radius 3 is 3.09 bits per heavy atom. The molecule has 1 saturated heterocycles. The van der Waals surface area contributed by atoms with Gasteiger partial charge in [0.15, 0.2) is 0 Å². The zero-order valence-corrected chi connectivity index (χ0v) is 12.9. The second kappa shape index (κ2) is 6.31. The summed E-state index contributed by atoms with van der Waals surface area (Å²) in [4.78, 5) is 23.5. The molecule has 2 aromatic heterocycles. The summed E-state index contributed by atoms with van der Waals surface area (Å²) in [5.41, 5.74) is 0.489. The van der Waals surface area contributed by atoms with Gasteiger partial charge in [0, 0.05) is 38.5 Å². The molecule has 1 fully saturated rings. The highest BCUT2D eigenvalue weighted by Crippen LogP contribution is 2.32. The molecule has 0 spiro atoms. The number of rotatable bonds is 4. The molecule has 2 atom stereocenters. The first-order chi connectivity index (χ1) is 10.6.